The lowest BCUT2D eigenvalue weighted by molar-refractivity contribution is -0.116. The molecule has 1 aromatic carbocycles. The molecule has 3 heterocycles. The van der Waals surface area contributed by atoms with Gasteiger partial charge in [0.05, 0.1) is 29.5 Å². The monoisotopic (exact) mass is 424 g/mol. The molecule has 0 bridgehead atoms. The van der Waals surface area contributed by atoms with Gasteiger partial charge in [-0.1, -0.05) is 24.3 Å². The molecular formula is C22H22F2N6O. The Balaban J connectivity index is 1.50. The van der Waals surface area contributed by atoms with Crippen molar-refractivity contribution in [2.75, 3.05) is 5.32 Å². The number of rotatable bonds is 6. The molecule has 0 unspecified atom stereocenters. The summed E-state index contributed by atoms with van der Waals surface area (Å²) in [5.41, 5.74) is 3.86. The van der Waals surface area contributed by atoms with E-state index in [0.717, 1.165) is 11.1 Å². The van der Waals surface area contributed by atoms with Crippen LogP contribution in [0.25, 0.3) is 11.0 Å². The number of benzene rings is 1. The number of hydrogen-bond acceptors (Lipinski definition) is 4. The summed E-state index contributed by atoms with van der Waals surface area (Å²) in [6.07, 6.45) is 0.669. The first-order valence-electron chi connectivity index (χ1n) is 9.81. The smallest absolute Gasteiger partial charge is 0.264 e. The SMILES string of the molecule is Cc1cc(C(F)F)c2c(C)nn(CC(=O)Nc3cnn(Cc4ccccc4C)c3)c2n1. The summed E-state index contributed by atoms with van der Waals surface area (Å²) in [5, 5.41) is 11.6. The van der Waals surface area contributed by atoms with Crippen LogP contribution in [0.2, 0.25) is 0 Å². The van der Waals surface area contributed by atoms with Gasteiger partial charge in [0.1, 0.15) is 6.54 Å². The van der Waals surface area contributed by atoms with Gasteiger partial charge in [-0.15, -0.1) is 0 Å². The largest absolute Gasteiger partial charge is 0.322 e. The van der Waals surface area contributed by atoms with E-state index in [1.165, 1.54) is 10.7 Å². The number of alkyl halides is 2. The highest BCUT2D eigenvalue weighted by molar-refractivity contribution is 5.91. The van der Waals surface area contributed by atoms with Gasteiger partial charge in [-0.25, -0.2) is 18.4 Å². The zero-order valence-electron chi connectivity index (χ0n) is 17.4. The topological polar surface area (TPSA) is 77.6 Å². The number of pyridine rings is 1. The summed E-state index contributed by atoms with van der Waals surface area (Å²) in [6.45, 7) is 5.75. The first kappa shape index (κ1) is 20.6. The van der Waals surface area contributed by atoms with Crippen molar-refractivity contribution in [3.8, 4) is 0 Å². The van der Waals surface area contributed by atoms with Crippen molar-refractivity contribution in [2.45, 2.75) is 40.3 Å². The Kier molecular flexibility index (Phi) is 5.50. The van der Waals surface area contributed by atoms with Crippen molar-refractivity contribution in [1.82, 2.24) is 24.5 Å². The minimum Gasteiger partial charge on any atom is -0.322 e. The van der Waals surface area contributed by atoms with Crippen LogP contribution in [0.15, 0.2) is 42.7 Å². The Labute approximate surface area is 177 Å². The summed E-state index contributed by atoms with van der Waals surface area (Å²) in [4.78, 5) is 16.9. The summed E-state index contributed by atoms with van der Waals surface area (Å²) in [6, 6.07) is 9.38. The number of carbonyl (C=O) groups is 1. The second kappa shape index (κ2) is 8.25. The van der Waals surface area contributed by atoms with E-state index in [2.05, 4.69) is 20.5 Å². The lowest BCUT2D eigenvalue weighted by Gasteiger charge is -2.07. The average Bonchev–Trinajstić information content (AvgIpc) is 3.27. The third kappa shape index (κ3) is 4.30. The summed E-state index contributed by atoms with van der Waals surface area (Å²) in [7, 11) is 0. The summed E-state index contributed by atoms with van der Waals surface area (Å²) in [5.74, 6) is -0.346. The molecule has 31 heavy (non-hydrogen) atoms. The molecule has 4 aromatic rings. The van der Waals surface area contributed by atoms with E-state index in [-0.39, 0.29) is 23.7 Å². The number of anilines is 1. The van der Waals surface area contributed by atoms with Crippen molar-refractivity contribution in [3.63, 3.8) is 0 Å². The highest BCUT2D eigenvalue weighted by Crippen LogP contribution is 2.29. The van der Waals surface area contributed by atoms with Crippen LogP contribution in [0.4, 0.5) is 14.5 Å². The zero-order valence-corrected chi connectivity index (χ0v) is 17.4. The Morgan fingerprint density at radius 3 is 2.71 bits per heavy atom. The van der Waals surface area contributed by atoms with Crippen LogP contribution in [-0.2, 0) is 17.9 Å². The fraction of sp³-hybridized carbons (Fsp3) is 0.273. The van der Waals surface area contributed by atoms with E-state index in [9.17, 15) is 13.6 Å². The molecule has 0 atom stereocenters. The normalized spacial score (nSPS) is 11.4. The number of carbonyl (C=O) groups excluding carboxylic acids is 1. The molecule has 160 valence electrons. The Hall–Kier alpha value is -3.62. The second-order valence-corrected chi connectivity index (χ2v) is 7.50. The number of nitrogens with zero attached hydrogens (tertiary/aromatic N) is 5. The van der Waals surface area contributed by atoms with Crippen LogP contribution in [0.3, 0.4) is 0 Å². The second-order valence-electron chi connectivity index (χ2n) is 7.50. The fourth-order valence-electron chi connectivity index (χ4n) is 3.61. The quantitative estimate of drug-likeness (QED) is 0.504. The van der Waals surface area contributed by atoms with Crippen LogP contribution >= 0.6 is 0 Å². The highest BCUT2D eigenvalue weighted by Gasteiger charge is 2.20. The van der Waals surface area contributed by atoms with E-state index < -0.39 is 6.43 Å². The van der Waals surface area contributed by atoms with Crippen LogP contribution in [0, 0.1) is 20.8 Å². The van der Waals surface area contributed by atoms with E-state index in [0.29, 0.717) is 29.0 Å². The molecule has 3 aromatic heterocycles. The number of aryl methyl sites for hydroxylation is 3. The van der Waals surface area contributed by atoms with Crippen LogP contribution < -0.4 is 5.32 Å². The predicted octanol–water partition coefficient (Wildman–Crippen LogP) is 4.18. The van der Waals surface area contributed by atoms with Gasteiger partial charge < -0.3 is 5.32 Å². The molecule has 0 spiro atoms. The van der Waals surface area contributed by atoms with E-state index in [1.807, 2.05) is 31.2 Å². The van der Waals surface area contributed by atoms with Crippen molar-refractivity contribution in [2.24, 2.45) is 0 Å². The van der Waals surface area contributed by atoms with Gasteiger partial charge in [0, 0.05) is 17.5 Å². The zero-order chi connectivity index (χ0) is 22.1. The Morgan fingerprint density at radius 2 is 1.97 bits per heavy atom. The molecule has 9 heteroatoms. The number of fused-ring (bicyclic) bond motifs is 1. The lowest BCUT2D eigenvalue weighted by atomic mass is 10.1. The van der Waals surface area contributed by atoms with E-state index >= 15 is 0 Å². The molecule has 0 aliphatic heterocycles. The molecule has 0 aliphatic rings. The number of aromatic nitrogens is 5. The number of nitrogens with one attached hydrogen (secondary N) is 1. The first-order valence-corrected chi connectivity index (χ1v) is 9.81. The maximum atomic E-state index is 13.4. The van der Waals surface area contributed by atoms with Gasteiger partial charge in [0.2, 0.25) is 5.91 Å². The number of halogens is 2. The lowest BCUT2D eigenvalue weighted by Crippen LogP contribution is -2.19. The summed E-state index contributed by atoms with van der Waals surface area (Å²) >= 11 is 0. The van der Waals surface area contributed by atoms with Gasteiger partial charge >= 0.3 is 0 Å². The van der Waals surface area contributed by atoms with E-state index in [1.54, 1.807) is 30.9 Å². The molecule has 7 nitrogen and oxygen atoms in total. The molecule has 1 amide bonds. The maximum Gasteiger partial charge on any atom is 0.264 e. The van der Waals surface area contributed by atoms with Crippen molar-refractivity contribution < 1.29 is 13.6 Å². The predicted molar refractivity (Wildman–Crippen MR) is 113 cm³/mol. The Bertz CT molecular complexity index is 1260. The van der Waals surface area contributed by atoms with Gasteiger partial charge in [0.25, 0.3) is 6.43 Å². The highest BCUT2D eigenvalue weighted by atomic mass is 19.3. The van der Waals surface area contributed by atoms with Crippen molar-refractivity contribution >= 4 is 22.6 Å². The molecule has 4 rings (SSSR count). The minimum absolute atomic E-state index is 0.121. The number of hydrogen-bond donors (Lipinski definition) is 1. The molecule has 0 aliphatic carbocycles. The number of amides is 1. The van der Waals surface area contributed by atoms with Gasteiger partial charge in [-0.2, -0.15) is 10.2 Å². The van der Waals surface area contributed by atoms with Gasteiger partial charge in [-0.05, 0) is 38.0 Å². The van der Waals surface area contributed by atoms with Crippen molar-refractivity contribution in [1.29, 1.82) is 0 Å². The minimum atomic E-state index is -2.64. The van der Waals surface area contributed by atoms with Crippen LogP contribution in [0.1, 0.15) is 34.5 Å². The standard InChI is InChI=1S/C22H22F2N6O/c1-13-6-4-5-7-16(13)10-29-11-17(9-25-29)27-19(31)12-30-22-20(15(3)28-30)18(21(23)24)8-14(2)26-22/h4-9,11,21H,10,12H2,1-3H3,(H,27,31). The summed E-state index contributed by atoms with van der Waals surface area (Å²) < 4.78 is 30.0. The molecule has 0 saturated heterocycles. The molecule has 0 saturated carbocycles. The van der Waals surface area contributed by atoms with Crippen LogP contribution in [-0.4, -0.2) is 30.5 Å². The Morgan fingerprint density at radius 1 is 1.19 bits per heavy atom. The third-order valence-corrected chi connectivity index (χ3v) is 5.07. The van der Waals surface area contributed by atoms with Gasteiger partial charge in [-0.3, -0.25) is 9.48 Å². The molecule has 0 fully saturated rings. The average molecular weight is 424 g/mol. The molecule has 1 N–H and O–H groups in total. The fourth-order valence-corrected chi connectivity index (χ4v) is 3.61. The van der Waals surface area contributed by atoms with E-state index in [4.69, 9.17) is 0 Å². The first-order chi connectivity index (χ1) is 14.8. The third-order valence-electron chi connectivity index (χ3n) is 5.07. The van der Waals surface area contributed by atoms with Crippen molar-refractivity contribution in [3.05, 3.63) is 70.8 Å². The molecular weight excluding hydrogens is 402 g/mol. The van der Waals surface area contributed by atoms with Crippen LogP contribution in [0.5, 0.6) is 0 Å². The maximum absolute atomic E-state index is 13.4. The molecule has 0 radical (unpaired) electrons. The van der Waals surface area contributed by atoms with Gasteiger partial charge in [0.15, 0.2) is 5.65 Å².